The molecule has 0 bridgehead atoms. The lowest BCUT2D eigenvalue weighted by Gasteiger charge is -2.07. The average molecular weight is 331 g/mol. The van der Waals surface area contributed by atoms with Crippen molar-refractivity contribution in [1.29, 1.82) is 0 Å². The molecule has 0 fully saturated rings. The molecule has 3 N–H and O–H groups in total. The first-order valence-electron chi connectivity index (χ1n) is 4.95. The molecule has 1 aromatic heterocycles. The first-order chi connectivity index (χ1) is 8.38. The Hall–Kier alpha value is -1.54. The summed E-state index contributed by atoms with van der Waals surface area (Å²) in [4.78, 5) is 0.132. The Morgan fingerprint density at radius 2 is 2.17 bits per heavy atom. The van der Waals surface area contributed by atoms with Crippen LogP contribution in [0.1, 0.15) is 0 Å². The molecule has 0 radical (unpaired) electrons. The van der Waals surface area contributed by atoms with Crippen LogP contribution in [0.2, 0.25) is 0 Å². The summed E-state index contributed by atoms with van der Waals surface area (Å²) in [6.07, 6.45) is 3.01. The number of halogens is 1. The predicted octanol–water partition coefficient (Wildman–Crippen LogP) is 1.57. The summed E-state index contributed by atoms with van der Waals surface area (Å²) >= 11 is 3.19. The number of nitrogens with two attached hydrogens (primary N) is 1. The molecule has 0 saturated heterocycles. The summed E-state index contributed by atoms with van der Waals surface area (Å²) in [5.74, 6) is 0. The van der Waals surface area contributed by atoms with Crippen molar-refractivity contribution in [2.45, 2.75) is 4.90 Å². The fourth-order valence-electron chi connectivity index (χ4n) is 1.36. The SMILES string of the molecule is Cn1cc(NS(=O)(=O)c2ccc(N)c(Br)c2)cn1. The van der Waals surface area contributed by atoms with Gasteiger partial charge < -0.3 is 5.73 Å². The normalized spacial score (nSPS) is 11.4. The molecule has 1 aromatic carbocycles. The highest BCUT2D eigenvalue weighted by molar-refractivity contribution is 9.10. The van der Waals surface area contributed by atoms with Gasteiger partial charge in [-0.2, -0.15) is 5.10 Å². The number of sulfonamides is 1. The van der Waals surface area contributed by atoms with E-state index in [-0.39, 0.29) is 4.90 Å². The van der Waals surface area contributed by atoms with Gasteiger partial charge in [-0.15, -0.1) is 0 Å². The Labute approximate surface area is 113 Å². The second kappa shape index (κ2) is 4.62. The number of hydrogen-bond acceptors (Lipinski definition) is 4. The molecule has 0 aliphatic rings. The average Bonchev–Trinajstić information content (AvgIpc) is 2.67. The maximum absolute atomic E-state index is 12.1. The summed E-state index contributed by atoms with van der Waals surface area (Å²) in [5.41, 5.74) is 6.50. The molecule has 0 spiro atoms. The van der Waals surface area contributed by atoms with E-state index < -0.39 is 10.0 Å². The van der Waals surface area contributed by atoms with Crippen LogP contribution in [-0.4, -0.2) is 18.2 Å². The van der Waals surface area contributed by atoms with E-state index in [1.807, 2.05) is 0 Å². The third-order valence-electron chi connectivity index (χ3n) is 2.24. The van der Waals surface area contributed by atoms with Crippen molar-refractivity contribution < 1.29 is 8.42 Å². The van der Waals surface area contributed by atoms with E-state index in [2.05, 4.69) is 25.8 Å². The number of nitrogens with zero attached hydrogens (tertiary/aromatic N) is 2. The van der Waals surface area contributed by atoms with E-state index >= 15 is 0 Å². The number of aromatic nitrogens is 2. The number of rotatable bonds is 3. The quantitative estimate of drug-likeness (QED) is 0.836. The van der Waals surface area contributed by atoms with Gasteiger partial charge in [-0.05, 0) is 34.1 Å². The molecule has 0 unspecified atom stereocenters. The number of nitrogen functional groups attached to an aromatic ring is 1. The maximum Gasteiger partial charge on any atom is 0.262 e. The smallest absolute Gasteiger partial charge is 0.262 e. The minimum atomic E-state index is -3.63. The minimum Gasteiger partial charge on any atom is -0.398 e. The van der Waals surface area contributed by atoms with Gasteiger partial charge >= 0.3 is 0 Å². The molecule has 0 amide bonds. The molecule has 96 valence electrons. The zero-order valence-corrected chi connectivity index (χ0v) is 11.9. The van der Waals surface area contributed by atoms with Crippen LogP contribution < -0.4 is 10.5 Å². The topological polar surface area (TPSA) is 90.0 Å². The molecule has 6 nitrogen and oxygen atoms in total. The third-order valence-corrected chi connectivity index (χ3v) is 4.31. The Balaban J connectivity index is 2.33. The van der Waals surface area contributed by atoms with Crippen LogP contribution in [0, 0.1) is 0 Å². The van der Waals surface area contributed by atoms with Gasteiger partial charge in [-0.3, -0.25) is 9.40 Å². The van der Waals surface area contributed by atoms with Gasteiger partial charge in [0.25, 0.3) is 10.0 Å². The van der Waals surface area contributed by atoms with Crippen molar-refractivity contribution in [3.63, 3.8) is 0 Å². The number of hydrogen-bond donors (Lipinski definition) is 2. The molecular weight excluding hydrogens is 320 g/mol. The molecule has 0 aliphatic carbocycles. The third kappa shape index (κ3) is 2.65. The molecule has 2 rings (SSSR count). The highest BCUT2D eigenvalue weighted by atomic mass is 79.9. The Morgan fingerprint density at radius 1 is 1.44 bits per heavy atom. The summed E-state index contributed by atoms with van der Waals surface area (Å²) in [5, 5.41) is 3.89. The lowest BCUT2D eigenvalue weighted by molar-refractivity contribution is 0.601. The van der Waals surface area contributed by atoms with Crippen LogP contribution in [0.3, 0.4) is 0 Å². The number of aryl methyl sites for hydroxylation is 1. The first kappa shape index (κ1) is 12.9. The fraction of sp³-hybridized carbons (Fsp3) is 0.100. The van der Waals surface area contributed by atoms with Crippen molar-refractivity contribution in [1.82, 2.24) is 9.78 Å². The van der Waals surface area contributed by atoms with E-state index in [9.17, 15) is 8.42 Å². The van der Waals surface area contributed by atoms with Gasteiger partial charge in [-0.25, -0.2) is 8.42 Å². The first-order valence-corrected chi connectivity index (χ1v) is 7.22. The second-order valence-electron chi connectivity index (χ2n) is 3.69. The summed E-state index contributed by atoms with van der Waals surface area (Å²) in [6, 6.07) is 4.43. The van der Waals surface area contributed by atoms with E-state index in [0.717, 1.165) is 0 Å². The van der Waals surface area contributed by atoms with Gasteiger partial charge in [0, 0.05) is 23.4 Å². The summed E-state index contributed by atoms with van der Waals surface area (Å²) in [6.45, 7) is 0. The van der Waals surface area contributed by atoms with Crippen molar-refractivity contribution in [2.75, 3.05) is 10.5 Å². The van der Waals surface area contributed by atoms with Crippen LogP contribution >= 0.6 is 15.9 Å². The molecule has 8 heteroatoms. The van der Waals surface area contributed by atoms with Crippen LogP contribution in [-0.2, 0) is 17.1 Å². The van der Waals surface area contributed by atoms with Gasteiger partial charge in [0.15, 0.2) is 0 Å². The molecule has 0 aliphatic heterocycles. The number of anilines is 2. The van der Waals surface area contributed by atoms with Crippen molar-refractivity contribution >= 4 is 37.3 Å². The second-order valence-corrected chi connectivity index (χ2v) is 6.23. The highest BCUT2D eigenvalue weighted by Gasteiger charge is 2.15. The van der Waals surface area contributed by atoms with Crippen molar-refractivity contribution in [3.05, 3.63) is 35.1 Å². The Morgan fingerprint density at radius 3 is 2.72 bits per heavy atom. The van der Waals surface area contributed by atoms with Gasteiger partial charge in [-0.1, -0.05) is 0 Å². The van der Waals surface area contributed by atoms with E-state index in [1.165, 1.54) is 29.1 Å². The molecule has 18 heavy (non-hydrogen) atoms. The largest absolute Gasteiger partial charge is 0.398 e. The molecular formula is C10H11BrN4O2S. The van der Waals surface area contributed by atoms with Crippen LogP contribution in [0.15, 0.2) is 40.0 Å². The molecule has 0 saturated carbocycles. The van der Waals surface area contributed by atoms with Gasteiger partial charge in [0.2, 0.25) is 0 Å². The minimum absolute atomic E-state index is 0.132. The zero-order valence-electron chi connectivity index (χ0n) is 9.46. The highest BCUT2D eigenvalue weighted by Crippen LogP contribution is 2.24. The zero-order chi connectivity index (χ0) is 13.3. The number of benzene rings is 1. The molecule has 0 atom stereocenters. The predicted molar refractivity (Wildman–Crippen MR) is 72.6 cm³/mol. The van der Waals surface area contributed by atoms with E-state index in [1.54, 1.807) is 13.2 Å². The monoisotopic (exact) mass is 330 g/mol. The molecule has 1 heterocycles. The van der Waals surface area contributed by atoms with Crippen LogP contribution in [0.5, 0.6) is 0 Å². The van der Waals surface area contributed by atoms with Gasteiger partial charge in [0.05, 0.1) is 16.8 Å². The standard InChI is InChI=1S/C10H11BrN4O2S/c1-15-6-7(5-13-15)14-18(16,17)8-2-3-10(12)9(11)4-8/h2-6,14H,12H2,1H3. The lowest BCUT2D eigenvalue weighted by atomic mass is 10.3. The fourth-order valence-corrected chi connectivity index (χ4v) is 2.95. The lowest BCUT2D eigenvalue weighted by Crippen LogP contribution is -2.12. The van der Waals surface area contributed by atoms with E-state index in [0.29, 0.717) is 15.8 Å². The van der Waals surface area contributed by atoms with Gasteiger partial charge in [0.1, 0.15) is 0 Å². The van der Waals surface area contributed by atoms with Crippen molar-refractivity contribution in [3.8, 4) is 0 Å². The summed E-state index contributed by atoms with van der Waals surface area (Å²) < 4.78 is 28.6. The Kier molecular flexibility index (Phi) is 3.31. The van der Waals surface area contributed by atoms with E-state index in [4.69, 9.17) is 5.73 Å². The van der Waals surface area contributed by atoms with Crippen molar-refractivity contribution in [2.24, 2.45) is 7.05 Å². The Bertz CT molecular complexity index is 681. The van der Waals surface area contributed by atoms with Crippen LogP contribution in [0.4, 0.5) is 11.4 Å². The van der Waals surface area contributed by atoms with Crippen LogP contribution in [0.25, 0.3) is 0 Å². The molecule has 2 aromatic rings. The number of nitrogens with one attached hydrogen (secondary N) is 1. The maximum atomic E-state index is 12.1. The summed E-state index contributed by atoms with van der Waals surface area (Å²) in [7, 11) is -1.92.